The molecule has 1 aliphatic rings. The van der Waals surface area contributed by atoms with Crippen molar-refractivity contribution >= 4 is 5.91 Å². The Labute approximate surface area is 121 Å². The molecule has 4 nitrogen and oxygen atoms in total. The molecule has 2 rings (SSSR count). The van der Waals surface area contributed by atoms with Crippen LogP contribution in [0.3, 0.4) is 0 Å². The van der Waals surface area contributed by atoms with Gasteiger partial charge in [-0.15, -0.1) is 0 Å². The molecule has 1 fully saturated rings. The first-order valence-electron chi connectivity index (χ1n) is 7.36. The van der Waals surface area contributed by atoms with Crippen LogP contribution in [0, 0.1) is 0 Å². The number of amides is 1. The second-order valence-electron chi connectivity index (χ2n) is 5.20. The lowest BCUT2D eigenvalue weighted by Gasteiger charge is -2.28. The van der Waals surface area contributed by atoms with Gasteiger partial charge in [0.1, 0.15) is 0 Å². The van der Waals surface area contributed by atoms with Crippen LogP contribution in [-0.2, 0) is 9.53 Å². The lowest BCUT2D eigenvalue weighted by molar-refractivity contribution is -0.142. The maximum absolute atomic E-state index is 12.7. The molecule has 1 amide bonds. The zero-order chi connectivity index (χ0) is 14.4. The Balaban J connectivity index is 2.05. The number of benzene rings is 1. The van der Waals surface area contributed by atoms with Crippen LogP contribution in [0.4, 0.5) is 0 Å². The molecule has 1 N–H and O–H groups in total. The summed E-state index contributed by atoms with van der Waals surface area (Å²) in [4.78, 5) is 14.6. The highest BCUT2D eigenvalue weighted by Gasteiger charge is 2.27. The number of carbonyl (C=O) groups excluding carboxylic acids is 1. The smallest absolute Gasteiger partial charge is 0.256 e. The number of hydrogen-bond donors (Lipinski definition) is 1. The van der Waals surface area contributed by atoms with E-state index >= 15 is 0 Å². The third-order valence-corrected chi connectivity index (χ3v) is 3.86. The van der Waals surface area contributed by atoms with Gasteiger partial charge in [0, 0.05) is 26.2 Å². The van der Waals surface area contributed by atoms with Gasteiger partial charge in [-0.1, -0.05) is 30.3 Å². The maximum Gasteiger partial charge on any atom is 0.256 e. The summed E-state index contributed by atoms with van der Waals surface area (Å²) in [5.41, 5.74) is 0.915. The van der Waals surface area contributed by atoms with Crippen LogP contribution in [0.5, 0.6) is 0 Å². The Bertz CT molecular complexity index is 416. The molecule has 0 aromatic heterocycles. The lowest BCUT2D eigenvalue weighted by Crippen LogP contribution is -2.43. The summed E-state index contributed by atoms with van der Waals surface area (Å²) in [5, 5.41) is 3.44. The Morgan fingerprint density at radius 3 is 2.75 bits per heavy atom. The second-order valence-corrected chi connectivity index (χ2v) is 5.20. The minimum Gasteiger partial charge on any atom is -0.367 e. The van der Waals surface area contributed by atoms with Crippen LogP contribution < -0.4 is 5.32 Å². The van der Waals surface area contributed by atoms with Crippen molar-refractivity contribution in [2.45, 2.75) is 31.9 Å². The van der Waals surface area contributed by atoms with Gasteiger partial charge in [-0.05, 0) is 31.9 Å². The molecule has 2 atom stereocenters. The van der Waals surface area contributed by atoms with E-state index in [1.807, 2.05) is 42.2 Å². The lowest BCUT2D eigenvalue weighted by atomic mass is 10.1. The Morgan fingerprint density at radius 2 is 2.20 bits per heavy atom. The van der Waals surface area contributed by atoms with Crippen molar-refractivity contribution in [1.29, 1.82) is 0 Å². The topological polar surface area (TPSA) is 41.6 Å². The fourth-order valence-electron chi connectivity index (χ4n) is 2.73. The predicted molar refractivity (Wildman–Crippen MR) is 79.5 cm³/mol. The zero-order valence-electron chi connectivity index (χ0n) is 12.3. The molecule has 20 heavy (non-hydrogen) atoms. The summed E-state index contributed by atoms with van der Waals surface area (Å²) in [6.45, 7) is 4.55. The zero-order valence-corrected chi connectivity index (χ0v) is 12.3. The van der Waals surface area contributed by atoms with E-state index in [1.54, 1.807) is 7.11 Å². The summed E-state index contributed by atoms with van der Waals surface area (Å²) in [6, 6.07) is 10.1. The molecule has 0 aliphatic carbocycles. The van der Waals surface area contributed by atoms with Crippen molar-refractivity contribution in [3.8, 4) is 0 Å². The van der Waals surface area contributed by atoms with Gasteiger partial charge >= 0.3 is 0 Å². The molecule has 1 heterocycles. The second kappa shape index (κ2) is 7.41. The number of rotatable bonds is 6. The molecule has 1 aliphatic heterocycles. The van der Waals surface area contributed by atoms with E-state index < -0.39 is 6.10 Å². The van der Waals surface area contributed by atoms with Gasteiger partial charge < -0.3 is 15.0 Å². The monoisotopic (exact) mass is 276 g/mol. The highest BCUT2D eigenvalue weighted by molar-refractivity contribution is 5.82. The number of ether oxygens (including phenoxy) is 1. The van der Waals surface area contributed by atoms with Gasteiger partial charge in [-0.25, -0.2) is 0 Å². The van der Waals surface area contributed by atoms with Crippen molar-refractivity contribution in [1.82, 2.24) is 10.2 Å². The van der Waals surface area contributed by atoms with E-state index in [0.29, 0.717) is 12.6 Å². The summed E-state index contributed by atoms with van der Waals surface area (Å²) in [5.74, 6) is 0.0508. The number of likely N-dealkylation sites (N-methyl/N-ethyl adjacent to an activating group) is 1. The SMILES string of the molecule is CCN(CC1CCCN1)C(=O)C(OC)c1ccccc1. The number of hydrogen-bond acceptors (Lipinski definition) is 3. The fraction of sp³-hybridized carbons (Fsp3) is 0.562. The van der Waals surface area contributed by atoms with Crippen LogP contribution in [-0.4, -0.2) is 43.6 Å². The molecule has 0 bridgehead atoms. The van der Waals surface area contributed by atoms with Crippen molar-refractivity contribution in [2.24, 2.45) is 0 Å². The van der Waals surface area contributed by atoms with Gasteiger partial charge in [0.15, 0.2) is 6.10 Å². The normalized spacial score (nSPS) is 19.8. The predicted octanol–water partition coefficient (Wildman–Crippen LogP) is 1.97. The van der Waals surface area contributed by atoms with E-state index in [-0.39, 0.29) is 5.91 Å². The molecule has 2 unspecified atom stereocenters. The quantitative estimate of drug-likeness (QED) is 0.864. The van der Waals surface area contributed by atoms with Gasteiger partial charge in [-0.2, -0.15) is 0 Å². The maximum atomic E-state index is 12.7. The summed E-state index contributed by atoms with van der Waals surface area (Å²) >= 11 is 0. The molecular formula is C16H24N2O2. The van der Waals surface area contributed by atoms with Gasteiger partial charge in [0.05, 0.1) is 0 Å². The summed E-state index contributed by atoms with van der Waals surface area (Å²) < 4.78 is 5.43. The molecule has 110 valence electrons. The van der Waals surface area contributed by atoms with E-state index in [1.165, 1.54) is 6.42 Å². The number of nitrogens with zero attached hydrogens (tertiary/aromatic N) is 1. The fourth-order valence-corrected chi connectivity index (χ4v) is 2.73. The van der Waals surface area contributed by atoms with Gasteiger partial charge in [0.2, 0.25) is 0 Å². The molecule has 0 saturated carbocycles. The van der Waals surface area contributed by atoms with E-state index in [0.717, 1.165) is 25.1 Å². The molecule has 1 aromatic rings. The van der Waals surface area contributed by atoms with Crippen LogP contribution in [0.1, 0.15) is 31.4 Å². The first-order valence-corrected chi connectivity index (χ1v) is 7.36. The van der Waals surface area contributed by atoms with Crippen LogP contribution in [0.2, 0.25) is 0 Å². The molecule has 1 saturated heterocycles. The average Bonchev–Trinajstić information content (AvgIpc) is 2.99. The van der Waals surface area contributed by atoms with E-state index in [9.17, 15) is 4.79 Å². The Kier molecular flexibility index (Phi) is 5.56. The van der Waals surface area contributed by atoms with E-state index in [2.05, 4.69) is 5.32 Å². The minimum absolute atomic E-state index is 0.0508. The minimum atomic E-state index is -0.502. The Morgan fingerprint density at radius 1 is 1.45 bits per heavy atom. The van der Waals surface area contributed by atoms with Crippen molar-refractivity contribution < 1.29 is 9.53 Å². The number of carbonyl (C=O) groups is 1. The average molecular weight is 276 g/mol. The highest BCUT2D eigenvalue weighted by atomic mass is 16.5. The Hall–Kier alpha value is -1.39. The largest absolute Gasteiger partial charge is 0.367 e. The van der Waals surface area contributed by atoms with Gasteiger partial charge in [-0.3, -0.25) is 4.79 Å². The molecular weight excluding hydrogens is 252 g/mol. The molecule has 0 spiro atoms. The van der Waals surface area contributed by atoms with Gasteiger partial charge in [0.25, 0.3) is 5.91 Å². The van der Waals surface area contributed by atoms with Crippen LogP contribution in [0.15, 0.2) is 30.3 Å². The standard InChI is InChI=1S/C16H24N2O2/c1-3-18(12-14-10-7-11-17-14)16(19)15(20-2)13-8-5-4-6-9-13/h4-6,8-9,14-15,17H,3,7,10-12H2,1-2H3. The van der Waals surface area contributed by atoms with Crippen molar-refractivity contribution in [2.75, 3.05) is 26.7 Å². The first-order chi connectivity index (χ1) is 9.76. The van der Waals surface area contributed by atoms with Crippen LogP contribution >= 0.6 is 0 Å². The molecule has 4 heteroatoms. The molecule has 1 aromatic carbocycles. The van der Waals surface area contributed by atoms with Crippen molar-refractivity contribution in [3.05, 3.63) is 35.9 Å². The summed E-state index contributed by atoms with van der Waals surface area (Å²) in [6.07, 6.45) is 1.84. The highest BCUT2D eigenvalue weighted by Crippen LogP contribution is 2.20. The third kappa shape index (κ3) is 3.58. The van der Waals surface area contributed by atoms with Crippen LogP contribution in [0.25, 0.3) is 0 Å². The molecule has 0 radical (unpaired) electrons. The van der Waals surface area contributed by atoms with Crippen molar-refractivity contribution in [3.63, 3.8) is 0 Å². The number of methoxy groups -OCH3 is 1. The first kappa shape index (κ1) is 15.0. The third-order valence-electron chi connectivity index (χ3n) is 3.86. The van der Waals surface area contributed by atoms with E-state index in [4.69, 9.17) is 4.74 Å². The number of nitrogens with one attached hydrogen (secondary N) is 1. The summed E-state index contributed by atoms with van der Waals surface area (Å²) in [7, 11) is 1.59.